The standard InChI is InChI=1S/C11H11ClFN3S/c1-2-17-11-6-10(14)16(15-11)7-3-4-8(12)9(13)5-7/h3-6H,2,14H2,1H3. The molecule has 0 bridgehead atoms. The Hall–Kier alpha value is -1.20. The summed E-state index contributed by atoms with van der Waals surface area (Å²) >= 11 is 7.20. The molecular formula is C11H11ClFN3S. The zero-order valence-electron chi connectivity index (χ0n) is 9.15. The third-order valence-corrected chi connectivity index (χ3v) is 3.24. The number of halogens is 2. The molecule has 0 amide bonds. The van der Waals surface area contributed by atoms with Gasteiger partial charge in [0.25, 0.3) is 0 Å². The van der Waals surface area contributed by atoms with Crippen LogP contribution in [0.25, 0.3) is 5.69 Å². The molecule has 0 unspecified atom stereocenters. The number of nitrogen functional groups attached to an aromatic ring is 1. The van der Waals surface area contributed by atoms with Crippen LogP contribution in [0.2, 0.25) is 5.02 Å². The molecule has 0 saturated carbocycles. The number of hydrogen-bond donors (Lipinski definition) is 1. The van der Waals surface area contributed by atoms with Crippen LogP contribution in [0.15, 0.2) is 29.3 Å². The first kappa shape index (κ1) is 12.3. The number of nitrogens with two attached hydrogens (primary N) is 1. The maximum Gasteiger partial charge on any atom is 0.143 e. The number of nitrogens with zero attached hydrogens (tertiary/aromatic N) is 2. The summed E-state index contributed by atoms with van der Waals surface area (Å²) in [6.07, 6.45) is 0. The Morgan fingerprint density at radius 1 is 1.47 bits per heavy atom. The number of rotatable bonds is 3. The van der Waals surface area contributed by atoms with Crippen molar-refractivity contribution in [3.8, 4) is 5.69 Å². The van der Waals surface area contributed by atoms with Crippen LogP contribution < -0.4 is 5.73 Å². The summed E-state index contributed by atoms with van der Waals surface area (Å²) in [7, 11) is 0. The number of aromatic nitrogens is 2. The van der Waals surface area contributed by atoms with E-state index in [-0.39, 0.29) is 5.02 Å². The van der Waals surface area contributed by atoms with Gasteiger partial charge in [0.2, 0.25) is 0 Å². The van der Waals surface area contributed by atoms with E-state index >= 15 is 0 Å². The second-order valence-corrected chi connectivity index (χ2v) is 5.04. The summed E-state index contributed by atoms with van der Waals surface area (Å²) in [5.41, 5.74) is 6.39. The molecule has 2 aromatic rings. The summed E-state index contributed by atoms with van der Waals surface area (Å²) in [5.74, 6) is 0.900. The first-order chi connectivity index (χ1) is 8.11. The van der Waals surface area contributed by atoms with Gasteiger partial charge in [0, 0.05) is 12.1 Å². The molecule has 0 atom stereocenters. The van der Waals surface area contributed by atoms with E-state index in [1.165, 1.54) is 16.8 Å². The maximum atomic E-state index is 13.3. The van der Waals surface area contributed by atoms with Crippen LogP contribution in [0.5, 0.6) is 0 Å². The highest BCUT2D eigenvalue weighted by atomic mass is 35.5. The van der Waals surface area contributed by atoms with Crippen molar-refractivity contribution in [3.63, 3.8) is 0 Å². The van der Waals surface area contributed by atoms with E-state index in [0.29, 0.717) is 11.5 Å². The molecule has 0 spiro atoms. The summed E-state index contributed by atoms with van der Waals surface area (Å²) < 4.78 is 14.8. The minimum atomic E-state index is -0.483. The lowest BCUT2D eigenvalue weighted by Crippen LogP contribution is -2.02. The second kappa shape index (κ2) is 4.98. The van der Waals surface area contributed by atoms with E-state index in [2.05, 4.69) is 5.10 Å². The number of benzene rings is 1. The smallest absolute Gasteiger partial charge is 0.143 e. The predicted molar refractivity (Wildman–Crippen MR) is 69.3 cm³/mol. The molecular weight excluding hydrogens is 261 g/mol. The van der Waals surface area contributed by atoms with Crippen molar-refractivity contribution in [2.75, 3.05) is 11.5 Å². The lowest BCUT2D eigenvalue weighted by atomic mass is 10.3. The number of thioether (sulfide) groups is 1. The highest BCUT2D eigenvalue weighted by Gasteiger charge is 2.09. The predicted octanol–water partition coefficient (Wildman–Crippen LogP) is 3.36. The van der Waals surface area contributed by atoms with Crippen molar-refractivity contribution >= 4 is 29.2 Å². The van der Waals surface area contributed by atoms with Crippen LogP contribution in [0.4, 0.5) is 10.2 Å². The van der Waals surface area contributed by atoms with Crippen LogP contribution in [-0.4, -0.2) is 15.5 Å². The van der Waals surface area contributed by atoms with Crippen molar-refractivity contribution in [2.24, 2.45) is 0 Å². The van der Waals surface area contributed by atoms with Crippen molar-refractivity contribution in [2.45, 2.75) is 11.9 Å². The zero-order valence-corrected chi connectivity index (χ0v) is 10.7. The summed E-state index contributed by atoms with van der Waals surface area (Å²) in [6, 6.07) is 6.24. The normalized spacial score (nSPS) is 10.8. The van der Waals surface area contributed by atoms with Gasteiger partial charge in [-0.3, -0.25) is 0 Å². The molecule has 2 rings (SSSR count). The van der Waals surface area contributed by atoms with Gasteiger partial charge in [-0.1, -0.05) is 18.5 Å². The van der Waals surface area contributed by atoms with Crippen LogP contribution in [0, 0.1) is 5.82 Å². The first-order valence-electron chi connectivity index (χ1n) is 5.05. The van der Waals surface area contributed by atoms with Gasteiger partial charge < -0.3 is 5.73 Å². The summed E-state index contributed by atoms with van der Waals surface area (Å²) in [5, 5.41) is 5.19. The molecule has 0 fully saturated rings. The summed E-state index contributed by atoms with van der Waals surface area (Å²) in [4.78, 5) is 0. The SMILES string of the molecule is CCSc1cc(N)n(-c2ccc(Cl)c(F)c2)n1. The van der Waals surface area contributed by atoms with Gasteiger partial charge in [-0.25, -0.2) is 9.07 Å². The highest BCUT2D eigenvalue weighted by molar-refractivity contribution is 7.99. The van der Waals surface area contributed by atoms with Crippen molar-refractivity contribution in [1.82, 2.24) is 9.78 Å². The first-order valence-corrected chi connectivity index (χ1v) is 6.42. The quantitative estimate of drug-likeness (QED) is 0.871. The third-order valence-electron chi connectivity index (χ3n) is 2.15. The Labute approximate surface area is 108 Å². The van der Waals surface area contributed by atoms with Gasteiger partial charge in [0.15, 0.2) is 0 Å². The molecule has 17 heavy (non-hydrogen) atoms. The van der Waals surface area contributed by atoms with Gasteiger partial charge >= 0.3 is 0 Å². The molecule has 0 aliphatic heterocycles. The van der Waals surface area contributed by atoms with Gasteiger partial charge in [0.1, 0.15) is 16.7 Å². The minimum absolute atomic E-state index is 0.0858. The van der Waals surface area contributed by atoms with E-state index in [4.69, 9.17) is 17.3 Å². The van der Waals surface area contributed by atoms with Crippen molar-refractivity contribution < 1.29 is 4.39 Å². The monoisotopic (exact) mass is 271 g/mol. The van der Waals surface area contributed by atoms with E-state index in [0.717, 1.165) is 10.8 Å². The van der Waals surface area contributed by atoms with Crippen LogP contribution in [0.3, 0.4) is 0 Å². The van der Waals surface area contributed by atoms with Gasteiger partial charge in [-0.05, 0) is 17.9 Å². The number of anilines is 1. The topological polar surface area (TPSA) is 43.8 Å². The molecule has 90 valence electrons. The Balaban J connectivity index is 2.41. The van der Waals surface area contributed by atoms with Crippen molar-refractivity contribution in [1.29, 1.82) is 0 Å². The third kappa shape index (κ3) is 2.56. The van der Waals surface area contributed by atoms with Crippen LogP contribution in [0.1, 0.15) is 6.92 Å². The largest absolute Gasteiger partial charge is 0.384 e. The zero-order chi connectivity index (χ0) is 12.4. The highest BCUT2D eigenvalue weighted by Crippen LogP contribution is 2.24. The Kier molecular flexibility index (Phi) is 3.59. The Morgan fingerprint density at radius 2 is 2.24 bits per heavy atom. The average Bonchev–Trinajstić information content (AvgIpc) is 2.64. The fourth-order valence-electron chi connectivity index (χ4n) is 1.41. The molecule has 0 radical (unpaired) electrons. The van der Waals surface area contributed by atoms with E-state index in [9.17, 15) is 4.39 Å². The maximum absolute atomic E-state index is 13.3. The van der Waals surface area contributed by atoms with Gasteiger partial charge in [-0.15, -0.1) is 11.8 Å². The van der Waals surface area contributed by atoms with E-state index in [1.807, 2.05) is 6.92 Å². The lowest BCUT2D eigenvalue weighted by molar-refractivity contribution is 0.625. The molecule has 1 heterocycles. The molecule has 6 heteroatoms. The van der Waals surface area contributed by atoms with Gasteiger partial charge in [0.05, 0.1) is 10.7 Å². The van der Waals surface area contributed by atoms with Crippen molar-refractivity contribution in [3.05, 3.63) is 35.1 Å². The fourth-order valence-corrected chi connectivity index (χ4v) is 2.17. The van der Waals surface area contributed by atoms with E-state index in [1.54, 1.807) is 23.9 Å². The Morgan fingerprint density at radius 3 is 2.88 bits per heavy atom. The molecule has 0 aliphatic rings. The molecule has 1 aromatic heterocycles. The fraction of sp³-hybridized carbons (Fsp3) is 0.182. The molecule has 0 saturated heterocycles. The van der Waals surface area contributed by atoms with E-state index < -0.39 is 5.82 Å². The average molecular weight is 272 g/mol. The number of hydrogen-bond acceptors (Lipinski definition) is 3. The van der Waals surface area contributed by atoms with Crippen LogP contribution in [-0.2, 0) is 0 Å². The van der Waals surface area contributed by atoms with Gasteiger partial charge in [-0.2, -0.15) is 5.10 Å². The van der Waals surface area contributed by atoms with Crippen LogP contribution >= 0.6 is 23.4 Å². The lowest BCUT2D eigenvalue weighted by Gasteiger charge is -2.04. The summed E-state index contributed by atoms with van der Waals surface area (Å²) in [6.45, 7) is 2.03. The molecule has 1 aromatic carbocycles. The Bertz CT molecular complexity index is 542. The molecule has 0 aliphatic carbocycles. The minimum Gasteiger partial charge on any atom is -0.384 e. The molecule has 2 N–H and O–H groups in total. The molecule has 3 nitrogen and oxygen atoms in total. The second-order valence-electron chi connectivity index (χ2n) is 3.35.